The third-order valence-corrected chi connectivity index (χ3v) is 0.917. The minimum atomic E-state index is -0.402. The topological polar surface area (TPSA) is 93.9 Å². The van der Waals surface area contributed by atoms with Crippen LogP contribution in [0.25, 0.3) is 0 Å². The molecule has 0 aliphatic rings. The van der Waals surface area contributed by atoms with Crippen LogP contribution >= 0.6 is 0 Å². The molecule has 0 aliphatic heterocycles. The largest absolute Gasteiger partial charge is 0.466 e. The van der Waals surface area contributed by atoms with E-state index in [1.54, 1.807) is 6.92 Å². The first kappa shape index (κ1) is 10.7. The van der Waals surface area contributed by atoms with Crippen LogP contribution in [0.4, 0.5) is 0 Å². The fourth-order valence-electron chi connectivity index (χ4n) is 0.598. The van der Waals surface area contributed by atoms with Gasteiger partial charge in [-0.25, -0.2) is 11.0 Å². The van der Waals surface area contributed by atoms with Crippen molar-refractivity contribution in [3.63, 3.8) is 0 Å². The van der Waals surface area contributed by atoms with E-state index in [2.05, 4.69) is 9.84 Å². The summed E-state index contributed by atoms with van der Waals surface area (Å²) in [5, 5.41) is 4.64. The molecule has 4 N–H and O–H groups in total. The Labute approximate surface area is 71.1 Å². The van der Waals surface area contributed by atoms with E-state index < -0.39 is 5.97 Å². The van der Waals surface area contributed by atoms with Crippen molar-refractivity contribution < 1.29 is 9.53 Å². The van der Waals surface area contributed by atoms with Gasteiger partial charge in [-0.1, -0.05) is 0 Å². The van der Waals surface area contributed by atoms with Gasteiger partial charge in [-0.2, -0.15) is 0 Å². The summed E-state index contributed by atoms with van der Waals surface area (Å²) in [6, 6.07) is 0. The summed E-state index contributed by atoms with van der Waals surface area (Å²) >= 11 is 0. The Bertz CT molecular complexity index is 178. The normalized spacial score (nSPS) is 11.1. The van der Waals surface area contributed by atoms with Crippen molar-refractivity contribution in [1.29, 1.82) is 0 Å². The molecule has 0 atom stereocenters. The lowest BCUT2D eigenvalue weighted by molar-refractivity contribution is -0.141. The standard InChI is InChI=1S/C6H14N4O2/c1-3-12-6(11)4-5(7)9-10(2)8/h3-4,8H2,1-2H3,(H2,7,9). The third kappa shape index (κ3) is 5.48. The van der Waals surface area contributed by atoms with Crippen LogP contribution in [-0.4, -0.2) is 30.6 Å². The number of hydrazone groups is 1. The highest BCUT2D eigenvalue weighted by molar-refractivity contribution is 5.96. The Morgan fingerprint density at radius 3 is 2.67 bits per heavy atom. The zero-order valence-electron chi connectivity index (χ0n) is 7.28. The molecule has 0 saturated heterocycles. The zero-order valence-corrected chi connectivity index (χ0v) is 7.28. The highest BCUT2D eigenvalue weighted by Gasteiger charge is 2.04. The van der Waals surface area contributed by atoms with Crippen molar-refractivity contribution in [3.05, 3.63) is 0 Å². The molecule has 0 heterocycles. The van der Waals surface area contributed by atoms with Crippen LogP contribution in [0, 0.1) is 0 Å². The molecule has 0 aromatic carbocycles. The summed E-state index contributed by atoms with van der Waals surface area (Å²) in [7, 11) is 1.51. The highest BCUT2D eigenvalue weighted by atomic mass is 16.5. The SMILES string of the molecule is CCOC(=O)C/C(N)=N/N(C)N. The van der Waals surface area contributed by atoms with Crippen LogP contribution in [0.15, 0.2) is 5.10 Å². The van der Waals surface area contributed by atoms with Gasteiger partial charge in [-0.05, 0) is 6.92 Å². The first-order chi connectivity index (χ1) is 5.56. The van der Waals surface area contributed by atoms with Crippen LogP contribution in [0.1, 0.15) is 13.3 Å². The summed E-state index contributed by atoms with van der Waals surface area (Å²) in [5.41, 5.74) is 5.33. The van der Waals surface area contributed by atoms with E-state index in [1.807, 2.05) is 0 Å². The van der Waals surface area contributed by atoms with Gasteiger partial charge < -0.3 is 10.5 Å². The Hall–Kier alpha value is -1.30. The molecule has 0 aromatic rings. The van der Waals surface area contributed by atoms with E-state index in [0.717, 1.165) is 5.12 Å². The fraction of sp³-hybridized carbons (Fsp3) is 0.667. The van der Waals surface area contributed by atoms with E-state index in [0.29, 0.717) is 6.61 Å². The maximum absolute atomic E-state index is 10.8. The molecular weight excluding hydrogens is 160 g/mol. The Morgan fingerprint density at radius 1 is 1.67 bits per heavy atom. The first-order valence-corrected chi connectivity index (χ1v) is 3.53. The van der Waals surface area contributed by atoms with Crippen molar-refractivity contribution >= 4 is 11.8 Å². The second kappa shape index (κ2) is 5.36. The van der Waals surface area contributed by atoms with Crippen LogP contribution in [-0.2, 0) is 9.53 Å². The molecule has 0 aromatic heterocycles. The lowest BCUT2D eigenvalue weighted by Gasteiger charge is -2.05. The number of hydrazine groups is 1. The molecule has 0 aliphatic carbocycles. The summed E-state index contributed by atoms with van der Waals surface area (Å²) in [4.78, 5) is 10.8. The molecule has 0 spiro atoms. The molecule has 0 unspecified atom stereocenters. The van der Waals surface area contributed by atoms with Gasteiger partial charge in [0.05, 0.1) is 6.61 Å². The molecule has 0 amide bonds. The molecule has 12 heavy (non-hydrogen) atoms. The van der Waals surface area contributed by atoms with E-state index in [1.165, 1.54) is 7.05 Å². The summed E-state index contributed by atoms with van der Waals surface area (Å²) in [6.45, 7) is 2.06. The van der Waals surface area contributed by atoms with Gasteiger partial charge >= 0.3 is 5.97 Å². The average molecular weight is 174 g/mol. The Morgan fingerprint density at radius 2 is 2.25 bits per heavy atom. The molecule has 6 nitrogen and oxygen atoms in total. The molecular formula is C6H14N4O2. The summed E-state index contributed by atoms with van der Waals surface area (Å²) < 4.78 is 4.63. The molecule has 0 radical (unpaired) electrons. The van der Waals surface area contributed by atoms with Crippen molar-refractivity contribution in [2.45, 2.75) is 13.3 Å². The number of nitrogens with zero attached hydrogens (tertiary/aromatic N) is 2. The zero-order chi connectivity index (χ0) is 9.56. The summed E-state index contributed by atoms with van der Waals surface area (Å²) in [6.07, 6.45) is -0.0324. The van der Waals surface area contributed by atoms with Crippen LogP contribution in [0.5, 0.6) is 0 Å². The lowest BCUT2D eigenvalue weighted by Crippen LogP contribution is -2.27. The maximum atomic E-state index is 10.8. The number of carbonyl (C=O) groups is 1. The number of nitrogens with two attached hydrogens (primary N) is 2. The first-order valence-electron chi connectivity index (χ1n) is 3.53. The smallest absolute Gasteiger partial charge is 0.313 e. The van der Waals surface area contributed by atoms with Crippen molar-refractivity contribution in [3.8, 4) is 0 Å². The highest BCUT2D eigenvalue weighted by Crippen LogP contribution is 1.87. The Balaban J connectivity index is 3.83. The fourth-order valence-corrected chi connectivity index (χ4v) is 0.598. The van der Waals surface area contributed by atoms with Gasteiger partial charge in [-0.15, -0.1) is 5.10 Å². The van der Waals surface area contributed by atoms with E-state index in [9.17, 15) is 4.79 Å². The maximum Gasteiger partial charge on any atom is 0.313 e. The summed E-state index contributed by atoms with van der Waals surface area (Å²) in [5.74, 6) is 4.89. The number of hydrogen-bond donors (Lipinski definition) is 2. The van der Waals surface area contributed by atoms with Gasteiger partial charge in [0, 0.05) is 7.05 Å². The van der Waals surface area contributed by atoms with E-state index in [4.69, 9.17) is 11.6 Å². The van der Waals surface area contributed by atoms with E-state index >= 15 is 0 Å². The predicted octanol–water partition coefficient (Wildman–Crippen LogP) is -0.983. The molecule has 0 rings (SSSR count). The lowest BCUT2D eigenvalue weighted by atomic mass is 10.4. The van der Waals surface area contributed by atoms with Gasteiger partial charge in [0.25, 0.3) is 0 Å². The van der Waals surface area contributed by atoms with Crippen LogP contribution in [0.3, 0.4) is 0 Å². The minimum absolute atomic E-state index is 0.0324. The quantitative estimate of drug-likeness (QED) is 0.188. The second-order valence-electron chi connectivity index (χ2n) is 2.15. The van der Waals surface area contributed by atoms with Crippen LogP contribution in [0.2, 0.25) is 0 Å². The monoisotopic (exact) mass is 174 g/mol. The number of esters is 1. The molecule has 0 bridgehead atoms. The third-order valence-electron chi connectivity index (χ3n) is 0.917. The predicted molar refractivity (Wildman–Crippen MR) is 44.8 cm³/mol. The van der Waals surface area contributed by atoms with Crippen molar-refractivity contribution in [1.82, 2.24) is 5.12 Å². The number of carbonyl (C=O) groups excluding carboxylic acids is 1. The minimum Gasteiger partial charge on any atom is -0.466 e. The van der Waals surface area contributed by atoms with E-state index in [-0.39, 0.29) is 12.3 Å². The molecule has 70 valence electrons. The van der Waals surface area contributed by atoms with Gasteiger partial charge in [0.1, 0.15) is 12.3 Å². The van der Waals surface area contributed by atoms with Gasteiger partial charge in [0.15, 0.2) is 0 Å². The number of ether oxygens (including phenoxy) is 1. The van der Waals surface area contributed by atoms with Gasteiger partial charge in [-0.3, -0.25) is 4.79 Å². The van der Waals surface area contributed by atoms with Crippen molar-refractivity contribution in [2.24, 2.45) is 16.7 Å². The molecule has 6 heteroatoms. The van der Waals surface area contributed by atoms with Gasteiger partial charge in [0.2, 0.25) is 0 Å². The molecule has 0 fully saturated rings. The Kier molecular flexibility index (Phi) is 4.78. The van der Waals surface area contributed by atoms with Crippen LogP contribution < -0.4 is 11.6 Å². The number of rotatable bonds is 4. The second-order valence-corrected chi connectivity index (χ2v) is 2.15. The van der Waals surface area contributed by atoms with Crippen molar-refractivity contribution in [2.75, 3.05) is 13.7 Å². The molecule has 0 saturated carbocycles. The average Bonchev–Trinajstić information content (AvgIpc) is 1.84. The number of hydrogen-bond acceptors (Lipinski definition) is 5. The number of amidine groups is 1.